The maximum absolute atomic E-state index is 13.0. The van der Waals surface area contributed by atoms with Gasteiger partial charge in [-0.15, -0.1) is 0 Å². The van der Waals surface area contributed by atoms with Crippen molar-refractivity contribution >= 4 is 16.8 Å². The Balaban J connectivity index is 1.42. The van der Waals surface area contributed by atoms with E-state index in [9.17, 15) is 4.79 Å². The molecule has 0 radical (unpaired) electrons. The topological polar surface area (TPSA) is 74.0 Å². The van der Waals surface area contributed by atoms with Crippen LogP contribution in [0.2, 0.25) is 0 Å². The summed E-state index contributed by atoms with van der Waals surface area (Å²) in [7, 11) is 0. The van der Waals surface area contributed by atoms with Crippen LogP contribution >= 0.6 is 0 Å². The summed E-state index contributed by atoms with van der Waals surface area (Å²) >= 11 is 0. The lowest BCUT2D eigenvalue weighted by Crippen LogP contribution is -2.36. The lowest BCUT2D eigenvalue weighted by molar-refractivity contribution is 0.0722. The van der Waals surface area contributed by atoms with Crippen molar-refractivity contribution in [3.63, 3.8) is 0 Å². The van der Waals surface area contributed by atoms with E-state index in [1.165, 1.54) is 0 Å². The Labute approximate surface area is 145 Å². The molecule has 4 heterocycles. The number of ether oxygens (including phenoxy) is 1. The van der Waals surface area contributed by atoms with Gasteiger partial charge in [-0.25, -0.2) is 0 Å². The van der Waals surface area contributed by atoms with Crippen LogP contribution in [0.4, 0.5) is 0 Å². The minimum atomic E-state index is 0.0429. The van der Waals surface area contributed by atoms with Gasteiger partial charge >= 0.3 is 0 Å². The zero-order chi connectivity index (χ0) is 16.8. The first-order valence-corrected chi connectivity index (χ1v) is 8.84. The van der Waals surface area contributed by atoms with Crippen LogP contribution < -0.4 is 0 Å². The van der Waals surface area contributed by atoms with Crippen LogP contribution in [-0.2, 0) is 17.7 Å². The molecule has 3 aromatic rings. The van der Waals surface area contributed by atoms with Gasteiger partial charge < -0.3 is 14.6 Å². The SMILES string of the molecule is O=C(c1cc2ccccc2[nH]1)N1CCc2n[nH]c(C3CCCO3)c2C1. The van der Waals surface area contributed by atoms with Crippen molar-refractivity contribution in [2.45, 2.75) is 31.9 Å². The van der Waals surface area contributed by atoms with E-state index in [2.05, 4.69) is 15.2 Å². The van der Waals surface area contributed by atoms with Crippen LogP contribution in [0.5, 0.6) is 0 Å². The van der Waals surface area contributed by atoms with E-state index >= 15 is 0 Å². The first-order chi connectivity index (χ1) is 12.3. The largest absolute Gasteiger partial charge is 0.372 e. The van der Waals surface area contributed by atoms with Crippen LogP contribution in [0.1, 0.15) is 46.4 Å². The average molecular weight is 336 g/mol. The number of carbonyl (C=O) groups is 1. The van der Waals surface area contributed by atoms with Crippen LogP contribution in [0.3, 0.4) is 0 Å². The number of H-pyrrole nitrogens is 2. The lowest BCUT2D eigenvalue weighted by Gasteiger charge is -2.27. The summed E-state index contributed by atoms with van der Waals surface area (Å²) in [6.07, 6.45) is 2.98. The summed E-state index contributed by atoms with van der Waals surface area (Å²) < 4.78 is 5.80. The average Bonchev–Trinajstić information content (AvgIpc) is 3.37. The second-order valence-electron chi connectivity index (χ2n) is 6.81. The third-order valence-electron chi connectivity index (χ3n) is 5.25. The van der Waals surface area contributed by atoms with Gasteiger partial charge in [0.15, 0.2) is 0 Å². The van der Waals surface area contributed by atoms with Crippen LogP contribution in [0.25, 0.3) is 10.9 Å². The fraction of sp³-hybridized carbons (Fsp3) is 0.368. The van der Waals surface area contributed by atoms with Gasteiger partial charge in [0.05, 0.1) is 17.5 Å². The number of para-hydroxylation sites is 1. The number of benzene rings is 1. The Kier molecular flexibility index (Phi) is 3.38. The van der Waals surface area contributed by atoms with E-state index in [4.69, 9.17) is 4.74 Å². The highest BCUT2D eigenvalue weighted by molar-refractivity contribution is 5.98. The van der Waals surface area contributed by atoms with E-state index in [0.29, 0.717) is 18.8 Å². The molecule has 5 rings (SSSR count). The number of rotatable bonds is 2. The first-order valence-electron chi connectivity index (χ1n) is 8.84. The summed E-state index contributed by atoms with van der Waals surface area (Å²) in [6.45, 7) is 2.09. The zero-order valence-electron chi connectivity index (χ0n) is 13.9. The molecule has 1 fully saturated rings. The van der Waals surface area contributed by atoms with Gasteiger partial charge in [0.1, 0.15) is 5.69 Å². The lowest BCUT2D eigenvalue weighted by atomic mass is 10.0. The van der Waals surface area contributed by atoms with Crippen molar-refractivity contribution in [1.82, 2.24) is 20.1 Å². The molecule has 2 aliphatic rings. The number of hydrogen-bond donors (Lipinski definition) is 2. The molecular weight excluding hydrogens is 316 g/mol. The van der Waals surface area contributed by atoms with E-state index < -0.39 is 0 Å². The molecule has 6 nitrogen and oxygen atoms in total. The highest BCUT2D eigenvalue weighted by Crippen LogP contribution is 2.33. The number of nitrogens with one attached hydrogen (secondary N) is 2. The van der Waals surface area contributed by atoms with Crippen molar-refractivity contribution in [3.8, 4) is 0 Å². The van der Waals surface area contributed by atoms with Gasteiger partial charge in [-0.1, -0.05) is 18.2 Å². The van der Waals surface area contributed by atoms with E-state index in [1.807, 2.05) is 35.2 Å². The predicted molar refractivity (Wildman–Crippen MR) is 93.3 cm³/mol. The standard InChI is InChI=1S/C19H20N4O2/c24-19(16-10-12-4-1-2-5-14(12)20-16)23-8-7-15-13(11-23)18(22-21-15)17-6-3-9-25-17/h1-2,4-5,10,17,20H,3,6-9,11H2,(H,21,22). The Morgan fingerprint density at radius 2 is 2.24 bits per heavy atom. The van der Waals surface area contributed by atoms with Crippen LogP contribution in [-0.4, -0.2) is 39.1 Å². The van der Waals surface area contributed by atoms with Gasteiger partial charge in [-0.3, -0.25) is 9.89 Å². The summed E-state index contributed by atoms with van der Waals surface area (Å²) in [5, 5.41) is 8.67. The molecule has 1 amide bonds. The quantitative estimate of drug-likeness (QED) is 0.755. The number of amides is 1. The Morgan fingerprint density at radius 1 is 1.32 bits per heavy atom. The van der Waals surface area contributed by atoms with Crippen molar-refractivity contribution in [3.05, 3.63) is 53.0 Å². The summed E-state index contributed by atoms with van der Waals surface area (Å²) in [5.74, 6) is 0.0429. The van der Waals surface area contributed by atoms with E-state index in [1.54, 1.807) is 0 Å². The normalized spacial score (nSPS) is 20.2. The molecule has 0 spiro atoms. The summed E-state index contributed by atoms with van der Waals surface area (Å²) in [6, 6.07) is 9.90. The van der Waals surface area contributed by atoms with Crippen molar-refractivity contribution < 1.29 is 9.53 Å². The zero-order valence-corrected chi connectivity index (χ0v) is 13.9. The van der Waals surface area contributed by atoms with Crippen LogP contribution in [0.15, 0.2) is 30.3 Å². The molecule has 0 aliphatic carbocycles. The van der Waals surface area contributed by atoms with Crippen LogP contribution in [0, 0.1) is 0 Å². The fourth-order valence-electron chi connectivity index (χ4n) is 3.92. The van der Waals surface area contributed by atoms with Gasteiger partial charge in [0.2, 0.25) is 0 Å². The summed E-state index contributed by atoms with van der Waals surface area (Å²) in [5.41, 5.74) is 4.91. The Morgan fingerprint density at radius 3 is 3.08 bits per heavy atom. The van der Waals surface area contributed by atoms with Gasteiger partial charge in [-0.05, 0) is 25.0 Å². The molecule has 2 aliphatic heterocycles. The molecule has 0 saturated carbocycles. The number of hydrogen-bond acceptors (Lipinski definition) is 3. The molecule has 1 aromatic carbocycles. The Bertz CT molecular complexity index is 903. The van der Waals surface area contributed by atoms with E-state index in [-0.39, 0.29) is 12.0 Å². The predicted octanol–water partition coefficient (Wildman–Crippen LogP) is 2.94. The third kappa shape index (κ3) is 2.44. The molecule has 1 unspecified atom stereocenters. The maximum Gasteiger partial charge on any atom is 0.270 e. The molecule has 25 heavy (non-hydrogen) atoms. The number of fused-ring (bicyclic) bond motifs is 2. The molecule has 1 atom stereocenters. The number of aromatic nitrogens is 3. The molecule has 6 heteroatoms. The third-order valence-corrected chi connectivity index (χ3v) is 5.25. The maximum atomic E-state index is 13.0. The second-order valence-corrected chi connectivity index (χ2v) is 6.81. The fourth-order valence-corrected chi connectivity index (χ4v) is 3.92. The minimum absolute atomic E-state index is 0.0429. The summed E-state index contributed by atoms with van der Waals surface area (Å²) in [4.78, 5) is 18.1. The molecule has 1 saturated heterocycles. The van der Waals surface area contributed by atoms with Gasteiger partial charge in [0.25, 0.3) is 5.91 Å². The monoisotopic (exact) mass is 336 g/mol. The van der Waals surface area contributed by atoms with Gasteiger partial charge in [-0.2, -0.15) is 5.10 Å². The molecular formula is C19H20N4O2. The second kappa shape index (κ2) is 5.74. The minimum Gasteiger partial charge on any atom is -0.372 e. The Hall–Kier alpha value is -2.60. The molecule has 0 bridgehead atoms. The highest BCUT2D eigenvalue weighted by Gasteiger charge is 2.30. The molecule has 2 N–H and O–H groups in total. The van der Waals surface area contributed by atoms with Gasteiger partial charge in [0, 0.05) is 42.6 Å². The smallest absolute Gasteiger partial charge is 0.270 e. The highest BCUT2D eigenvalue weighted by atomic mass is 16.5. The van der Waals surface area contributed by atoms with Crippen molar-refractivity contribution in [1.29, 1.82) is 0 Å². The number of carbonyl (C=O) groups excluding carboxylic acids is 1. The number of aromatic amines is 2. The number of nitrogens with zero attached hydrogens (tertiary/aromatic N) is 2. The molecule has 2 aromatic heterocycles. The van der Waals surface area contributed by atoms with E-state index in [0.717, 1.165) is 53.7 Å². The van der Waals surface area contributed by atoms with Crippen molar-refractivity contribution in [2.24, 2.45) is 0 Å². The molecule has 128 valence electrons. The van der Waals surface area contributed by atoms with Crippen molar-refractivity contribution in [2.75, 3.05) is 13.2 Å². The first kappa shape index (κ1) is 14.7.